The lowest BCUT2D eigenvalue weighted by atomic mass is 10.1. The van der Waals surface area contributed by atoms with Crippen LogP contribution in [0.4, 0.5) is 0 Å². The first-order chi connectivity index (χ1) is 12.3. The number of carbonyl (C=O) groups excluding carboxylic acids is 1. The summed E-state index contributed by atoms with van der Waals surface area (Å²) in [6.45, 7) is 5.53. The van der Waals surface area contributed by atoms with Gasteiger partial charge in [0.1, 0.15) is 11.5 Å². The monoisotopic (exact) mass is 345 g/mol. The molecular formula is C21H31NO3. The maximum atomic E-state index is 11.5. The fraction of sp³-hybridized carbons (Fsp3) is 0.619. The Morgan fingerprint density at radius 3 is 2.16 bits per heavy atom. The van der Waals surface area contributed by atoms with Gasteiger partial charge in [0.15, 0.2) is 6.29 Å². The number of carbonyl (C=O) groups is 1. The molecule has 0 aromatic heterocycles. The van der Waals surface area contributed by atoms with Gasteiger partial charge in [0.25, 0.3) is 0 Å². The van der Waals surface area contributed by atoms with Gasteiger partial charge in [-0.25, -0.2) is 0 Å². The Bertz CT molecular complexity index is 549. The number of nitriles is 1. The summed E-state index contributed by atoms with van der Waals surface area (Å²) in [6.07, 6.45) is 9.93. The number of benzene rings is 1. The summed E-state index contributed by atoms with van der Waals surface area (Å²) in [5, 5.41) is 9.08. The summed E-state index contributed by atoms with van der Waals surface area (Å²) < 4.78 is 11.6. The highest BCUT2D eigenvalue weighted by molar-refractivity contribution is 5.81. The molecule has 1 aromatic rings. The summed E-state index contributed by atoms with van der Waals surface area (Å²) in [7, 11) is 0. The lowest BCUT2D eigenvalue weighted by Crippen LogP contribution is -2.05. The van der Waals surface area contributed by atoms with Gasteiger partial charge in [0.2, 0.25) is 0 Å². The molecular weight excluding hydrogens is 314 g/mol. The molecule has 4 nitrogen and oxygen atoms in total. The van der Waals surface area contributed by atoms with Crippen molar-refractivity contribution in [2.45, 2.75) is 71.6 Å². The van der Waals surface area contributed by atoms with E-state index in [1.807, 2.05) is 6.07 Å². The highest BCUT2D eigenvalue weighted by atomic mass is 16.5. The van der Waals surface area contributed by atoms with E-state index in [-0.39, 0.29) is 6.42 Å². The van der Waals surface area contributed by atoms with Gasteiger partial charge < -0.3 is 9.47 Å². The van der Waals surface area contributed by atoms with Gasteiger partial charge in [-0.1, -0.05) is 52.4 Å². The molecule has 0 saturated heterocycles. The van der Waals surface area contributed by atoms with Crippen LogP contribution in [0.3, 0.4) is 0 Å². The highest BCUT2D eigenvalue weighted by Crippen LogP contribution is 2.29. The normalized spacial score (nSPS) is 10.3. The average molecular weight is 345 g/mol. The number of nitrogens with zero attached hydrogens (tertiary/aromatic N) is 1. The first-order valence-corrected chi connectivity index (χ1v) is 9.51. The van der Waals surface area contributed by atoms with Crippen molar-refractivity contribution in [3.63, 3.8) is 0 Å². The molecule has 0 heterocycles. The van der Waals surface area contributed by atoms with Crippen molar-refractivity contribution in [1.82, 2.24) is 0 Å². The SMILES string of the molecule is CCCCCCOc1cc(C=O)c(OCCCCCC)c(CC#N)c1. The average Bonchev–Trinajstić information content (AvgIpc) is 2.62. The molecule has 0 radical (unpaired) electrons. The topological polar surface area (TPSA) is 59.3 Å². The first-order valence-electron chi connectivity index (χ1n) is 9.51. The predicted molar refractivity (Wildman–Crippen MR) is 100 cm³/mol. The van der Waals surface area contributed by atoms with Crippen molar-refractivity contribution in [2.75, 3.05) is 13.2 Å². The van der Waals surface area contributed by atoms with Crippen molar-refractivity contribution in [1.29, 1.82) is 5.26 Å². The van der Waals surface area contributed by atoms with Gasteiger partial charge in [-0.05, 0) is 25.0 Å². The Hall–Kier alpha value is -2.02. The van der Waals surface area contributed by atoms with E-state index < -0.39 is 0 Å². The van der Waals surface area contributed by atoms with Crippen LogP contribution in [0.2, 0.25) is 0 Å². The van der Waals surface area contributed by atoms with Crippen LogP contribution < -0.4 is 9.47 Å². The van der Waals surface area contributed by atoms with Crippen LogP contribution in [0.25, 0.3) is 0 Å². The molecule has 1 rings (SSSR count). The fourth-order valence-electron chi connectivity index (χ4n) is 2.67. The van der Waals surface area contributed by atoms with E-state index in [0.29, 0.717) is 30.3 Å². The summed E-state index contributed by atoms with van der Waals surface area (Å²) in [5.74, 6) is 1.17. The van der Waals surface area contributed by atoms with E-state index in [4.69, 9.17) is 14.7 Å². The lowest BCUT2D eigenvalue weighted by molar-refractivity contribution is 0.111. The molecule has 0 aliphatic carbocycles. The van der Waals surface area contributed by atoms with Crippen LogP contribution in [-0.2, 0) is 6.42 Å². The molecule has 0 spiro atoms. The van der Waals surface area contributed by atoms with Crippen molar-refractivity contribution < 1.29 is 14.3 Å². The fourth-order valence-corrected chi connectivity index (χ4v) is 2.67. The first kappa shape index (κ1) is 21.0. The summed E-state index contributed by atoms with van der Waals surface area (Å²) in [5.41, 5.74) is 1.19. The van der Waals surface area contributed by atoms with Crippen LogP contribution in [0.15, 0.2) is 12.1 Å². The molecule has 0 fully saturated rings. The minimum atomic E-state index is 0.207. The van der Waals surface area contributed by atoms with Gasteiger partial charge in [-0.2, -0.15) is 5.26 Å². The van der Waals surface area contributed by atoms with Gasteiger partial charge in [0.05, 0.1) is 31.3 Å². The van der Waals surface area contributed by atoms with Gasteiger partial charge in [-0.15, -0.1) is 0 Å². The number of hydrogen-bond acceptors (Lipinski definition) is 4. The van der Waals surface area contributed by atoms with E-state index in [9.17, 15) is 4.79 Å². The van der Waals surface area contributed by atoms with E-state index in [0.717, 1.165) is 37.5 Å². The Morgan fingerprint density at radius 1 is 0.960 bits per heavy atom. The zero-order chi connectivity index (χ0) is 18.3. The quantitative estimate of drug-likeness (QED) is 0.331. The maximum absolute atomic E-state index is 11.5. The third-order valence-electron chi connectivity index (χ3n) is 4.08. The Morgan fingerprint density at radius 2 is 1.60 bits per heavy atom. The Kier molecular flexibility index (Phi) is 11.2. The molecule has 0 unspecified atom stereocenters. The summed E-state index contributed by atoms with van der Waals surface area (Å²) >= 11 is 0. The number of unbranched alkanes of at least 4 members (excludes halogenated alkanes) is 6. The second-order valence-corrected chi connectivity index (χ2v) is 6.27. The van der Waals surface area contributed by atoms with E-state index in [2.05, 4.69) is 19.9 Å². The molecule has 0 atom stereocenters. The van der Waals surface area contributed by atoms with E-state index in [1.54, 1.807) is 6.07 Å². The second-order valence-electron chi connectivity index (χ2n) is 6.27. The lowest BCUT2D eigenvalue weighted by Gasteiger charge is -2.15. The smallest absolute Gasteiger partial charge is 0.153 e. The molecule has 0 N–H and O–H groups in total. The third-order valence-corrected chi connectivity index (χ3v) is 4.08. The Labute approximate surface area is 152 Å². The number of hydrogen-bond donors (Lipinski definition) is 0. The van der Waals surface area contributed by atoms with Crippen molar-refractivity contribution in [3.8, 4) is 17.6 Å². The van der Waals surface area contributed by atoms with Crippen molar-refractivity contribution in [3.05, 3.63) is 23.3 Å². The second kappa shape index (κ2) is 13.3. The molecule has 4 heteroatoms. The van der Waals surface area contributed by atoms with Crippen molar-refractivity contribution in [2.24, 2.45) is 0 Å². The zero-order valence-electron chi connectivity index (χ0n) is 15.7. The minimum absolute atomic E-state index is 0.207. The van der Waals surface area contributed by atoms with Gasteiger partial charge in [0, 0.05) is 5.56 Å². The molecule has 1 aromatic carbocycles. The number of rotatable bonds is 14. The molecule has 25 heavy (non-hydrogen) atoms. The molecule has 138 valence electrons. The van der Waals surface area contributed by atoms with Crippen LogP contribution >= 0.6 is 0 Å². The van der Waals surface area contributed by atoms with E-state index in [1.165, 1.54) is 25.7 Å². The van der Waals surface area contributed by atoms with E-state index >= 15 is 0 Å². The highest BCUT2D eigenvalue weighted by Gasteiger charge is 2.13. The number of aldehydes is 1. The van der Waals surface area contributed by atoms with Crippen LogP contribution in [0, 0.1) is 11.3 Å². The number of ether oxygens (including phenoxy) is 2. The molecule has 0 amide bonds. The third kappa shape index (κ3) is 8.07. The largest absolute Gasteiger partial charge is 0.494 e. The van der Waals surface area contributed by atoms with Crippen LogP contribution in [-0.4, -0.2) is 19.5 Å². The maximum Gasteiger partial charge on any atom is 0.153 e. The molecule has 0 saturated carbocycles. The zero-order valence-corrected chi connectivity index (χ0v) is 15.7. The van der Waals surface area contributed by atoms with Crippen molar-refractivity contribution >= 4 is 6.29 Å². The summed E-state index contributed by atoms with van der Waals surface area (Å²) in [6, 6.07) is 5.69. The molecule has 0 aliphatic heterocycles. The minimum Gasteiger partial charge on any atom is -0.494 e. The van der Waals surface area contributed by atoms with Crippen LogP contribution in [0.5, 0.6) is 11.5 Å². The summed E-state index contributed by atoms with van der Waals surface area (Å²) in [4.78, 5) is 11.5. The van der Waals surface area contributed by atoms with Gasteiger partial charge in [-0.3, -0.25) is 4.79 Å². The molecule has 0 aliphatic rings. The molecule has 0 bridgehead atoms. The van der Waals surface area contributed by atoms with Gasteiger partial charge >= 0.3 is 0 Å². The van der Waals surface area contributed by atoms with Crippen LogP contribution in [0.1, 0.15) is 81.1 Å². The standard InChI is InChI=1S/C21H31NO3/c1-3-5-7-9-13-24-20-15-18(11-12-22)21(19(16-20)17-23)25-14-10-8-6-4-2/h15-17H,3-11,13-14H2,1-2H3. The Balaban J connectivity index is 2.74. The predicted octanol–water partition coefficient (Wildman–Crippen LogP) is 5.48.